The molecule has 2 aliphatic heterocycles. The van der Waals surface area contributed by atoms with E-state index in [1.807, 2.05) is 12.1 Å². The average Bonchev–Trinajstić information content (AvgIpc) is 3.95. The van der Waals surface area contributed by atoms with Crippen molar-refractivity contribution in [2.75, 3.05) is 0 Å². The van der Waals surface area contributed by atoms with Gasteiger partial charge in [0.15, 0.2) is 0 Å². The molecule has 8 aromatic carbocycles. The maximum Gasteiger partial charge on any atom is 0.260 e. The van der Waals surface area contributed by atoms with Crippen molar-refractivity contribution in [1.29, 1.82) is 0 Å². The van der Waals surface area contributed by atoms with E-state index in [0.717, 1.165) is 108 Å². The van der Waals surface area contributed by atoms with Crippen LogP contribution < -0.4 is 25.9 Å². The molecule has 60 heavy (non-hydrogen) atoms. The summed E-state index contributed by atoms with van der Waals surface area (Å²) in [7, 11) is 0. The molecule has 0 fully saturated rings. The van der Waals surface area contributed by atoms with Gasteiger partial charge in [-0.2, -0.15) is 0 Å². The molecule has 0 atom stereocenters. The van der Waals surface area contributed by atoms with Gasteiger partial charge < -0.3 is 23.0 Å². The number of aromatic nitrogens is 2. The van der Waals surface area contributed by atoms with Crippen LogP contribution in [0.25, 0.3) is 83.2 Å². The van der Waals surface area contributed by atoms with Crippen molar-refractivity contribution in [3.63, 3.8) is 0 Å². The molecule has 5 heterocycles. The Balaban J connectivity index is 0.976. The van der Waals surface area contributed by atoms with Crippen LogP contribution in [0.3, 0.4) is 0 Å². The summed E-state index contributed by atoms with van der Waals surface area (Å²) in [5, 5.41) is 5.90. The lowest BCUT2D eigenvalue weighted by molar-refractivity contribution is 0.465. The second kappa shape index (κ2) is 11.9. The second-order valence-corrected chi connectivity index (χ2v) is 16.3. The van der Waals surface area contributed by atoms with Gasteiger partial charge in [0.05, 0.1) is 16.6 Å². The first kappa shape index (κ1) is 32.3. The first-order chi connectivity index (χ1) is 29.7. The summed E-state index contributed by atoms with van der Waals surface area (Å²) in [6.07, 6.45) is 6.71. The lowest BCUT2D eigenvalue weighted by Gasteiger charge is -2.33. The molecule has 11 aromatic rings. The molecule has 3 aromatic heterocycles. The molecule has 0 saturated carbocycles. The van der Waals surface area contributed by atoms with Gasteiger partial charge in [0.1, 0.15) is 34.2 Å². The zero-order valence-corrected chi connectivity index (χ0v) is 32.4. The topological polar surface area (TPSA) is 41.5 Å². The van der Waals surface area contributed by atoms with E-state index in [4.69, 9.17) is 13.9 Å². The minimum atomic E-state index is -0.124. The van der Waals surface area contributed by atoms with Gasteiger partial charge in [0, 0.05) is 61.6 Å². The molecular formula is C54H33BN2O3. The highest BCUT2D eigenvalue weighted by Gasteiger charge is 2.41. The molecule has 0 amide bonds. The standard InChI is InChI=1S/C54H33BN2O3/c1-2-12-34(13-3-1)57-46-20-10-6-16-38(46)40-28-42-50(30-47(40)57)59-52-26-33(32-22-24-35(25-23-32)56-44-18-8-4-14-36(44)37-15-5-9-19-45(37)56)27-53-54(52)55(42)43-29-41-39-17-7-11-21-48(39)58-49(41)31-51(43)60-53/h1-4,6-14,16-31H,5,15H2. The van der Waals surface area contributed by atoms with Gasteiger partial charge in [0.25, 0.3) is 6.71 Å². The van der Waals surface area contributed by atoms with Crippen molar-refractivity contribution in [3.8, 4) is 45.5 Å². The molecule has 0 radical (unpaired) electrons. The molecule has 0 saturated heterocycles. The van der Waals surface area contributed by atoms with E-state index in [-0.39, 0.29) is 6.71 Å². The van der Waals surface area contributed by atoms with Crippen molar-refractivity contribution in [2.45, 2.75) is 12.8 Å². The first-order valence-electron chi connectivity index (χ1n) is 20.7. The zero-order chi connectivity index (χ0) is 39.1. The van der Waals surface area contributed by atoms with E-state index >= 15 is 0 Å². The van der Waals surface area contributed by atoms with Crippen LogP contribution in [0.1, 0.15) is 17.7 Å². The highest BCUT2D eigenvalue weighted by atomic mass is 16.5. The Morgan fingerprint density at radius 1 is 0.450 bits per heavy atom. The van der Waals surface area contributed by atoms with Crippen LogP contribution in [0.15, 0.2) is 174 Å². The molecule has 0 spiro atoms. The Kier molecular flexibility index (Phi) is 6.42. The summed E-state index contributed by atoms with van der Waals surface area (Å²) in [4.78, 5) is 0. The number of para-hydroxylation sites is 4. The Bertz CT molecular complexity index is 3670. The van der Waals surface area contributed by atoms with Gasteiger partial charge in [-0.15, -0.1) is 0 Å². The third-order valence-electron chi connectivity index (χ3n) is 13.1. The zero-order valence-electron chi connectivity index (χ0n) is 32.4. The smallest absolute Gasteiger partial charge is 0.260 e. The lowest BCUT2D eigenvalue weighted by atomic mass is 9.34. The van der Waals surface area contributed by atoms with Crippen molar-refractivity contribution < 1.29 is 13.9 Å². The molecule has 0 unspecified atom stereocenters. The maximum atomic E-state index is 7.11. The van der Waals surface area contributed by atoms with Crippen LogP contribution in [-0.2, 0) is 6.42 Å². The van der Waals surface area contributed by atoms with Crippen molar-refractivity contribution >= 4 is 83.8 Å². The molecule has 14 rings (SSSR count). The van der Waals surface area contributed by atoms with Crippen LogP contribution in [-0.4, -0.2) is 15.8 Å². The van der Waals surface area contributed by atoms with Crippen LogP contribution >= 0.6 is 0 Å². The Labute approximate surface area is 345 Å². The minimum Gasteiger partial charge on any atom is -0.458 e. The fraction of sp³-hybridized carbons (Fsp3) is 0.0370. The average molecular weight is 769 g/mol. The van der Waals surface area contributed by atoms with Gasteiger partial charge in [-0.3, -0.25) is 0 Å². The van der Waals surface area contributed by atoms with Gasteiger partial charge in [-0.05, 0) is 101 Å². The summed E-state index contributed by atoms with van der Waals surface area (Å²) < 4.78 is 25.2. The lowest BCUT2D eigenvalue weighted by Crippen LogP contribution is -2.57. The van der Waals surface area contributed by atoms with E-state index in [1.54, 1.807) is 0 Å². The van der Waals surface area contributed by atoms with Gasteiger partial charge in [-0.25, -0.2) is 0 Å². The van der Waals surface area contributed by atoms with Gasteiger partial charge in [-0.1, -0.05) is 103 Å². The Morgan fingerprint density at radius 2 is 1.10 bits per heavy atom. The SMILES string of the molecule is C1=Cc2c(c3ccccc3n2-c2ccc(-c3cc4c5c(c3)Oc3cc6c(cc3B5c3cc5c(cc3O4)oc3ccccc35)c3ccccc3n6-c3ccccc3)cc2)CC1. The number of hydrogen-bond acceptors (Lipinski definition) is 3. The van der Waals surface area contributed by atoms with Gasteiger partial charge >= 0.3 is 0 Å². The predicted octanol–water partition coefficient (Wildman–Crippen LogP) is 12.0. The van der Waals surface area contributed by atoms with Crippen LogP contribution in [0, 0.1) is 0 Å². The quantitative estimate of drug-likeness (QED) is 0.168. The fourth-order valence-electron chi connectivity index (χ4n) is 10.5. The number of furan rings is 1. The van der Waals surface area contributed by atoms with Crippen molar-refractivity contribution in [1.82, 2.24) is 9.13 Å². The summed E-state index contributed by atoms with van der Waals surface area (Å²) >= 11 is 0. The summed E-state index contributed by atoms with van der Waals surface area (Å²) in [5.41, 5.74) is 15.5. The molecule has 280 valence electrons. The van der Waals surface area contributed by atoms with Crippen LogP contribution in [0.5, 0.6) is 23.0 Å². The number of aryl methyl sites for hydroxylation is 1. The second-order valence-electron chi connectivity index (χ2n) is 16.3. The summed E-state index contributed by atoms with van der Waals surface area (Å²) in [6.45, 7) is -0.124. The Morgan fingerprint density at radius 3 is 1.90 bits per heavy atom. The Hall–Kier alpha value is -7.70. The molecule has 3 aliphatic rings. The van der Waals surface area contributed by atoms with Gasteiger partial charge in [0.2, 0.25) is 0 Å². The highest BCUT2D eigenvalue weighted by molar-refractivity contribution is 6.98. The maximum absolute atomic E-state index is 7.11. The first-order valence-corrected chi connectivity index (χ1v) is 20.7. The predicted molar refractivity (Wildman–Crippen MR) is 245 cm³/mol. The normalized spacial score (nSPS) is 13.7. The van der Waals surface area contributed by atoms with E-state index < -0.39 is 0 Å². The van der Waals surface area contributed by atoms with E-state index in [1.165, 1.54) is 32.9 Å². The molecular weight excluding hydrogens is 735 g/mol. The third-order valence-corrected chi connectivity index (χ3v) is 13.1. The minimum absolute atomic E-state index is 0.124. The van der Waals surface area contributed by atoms with E-state index in [9.17, 15) is 0 Å². The number of nitrogens with zero attached hydrogens (tertiary/aromatic N) is 2. The highest BCUT2D eigenvalue weighted by Crippen LogP contribution is 2.43. The molecule has 1 aliphatic carbocycles. The summed E-state index contributed by atoms with van der Waals surface area (Å²) in [6, 6.07) is 58.6. The third kappa shape index (κ3) is 4.42. The fourth-order valence-corrected chi connectivity index (χ4v) is 10.5. The number of ether oxygens (including phenoxy) is 2. The molecule has 0 bridgehead atoms. The number of benzene rings is 8. The number of rotatable bonds is 3. The number of hydrogen-bond donors (Lipinski definition) is 0. The molecule has 0 N–H and O–H groups in total. The van der Waals surface area contributed by atoms with E-state index in [0.29, 0.717) is 0 Å². The van der Waals surface area contributed by atoms with Crippen LogP contribution in [0.2, 0.25) is 0 Å². The number of fused-ring (bicyclic) bond motifs is 13. The van der Waals surface area contributed by atoms with Crippen molar-refractivity contribution in [3.05, 3.63) is 181 Å². The van der Waals surface area contributed by atoms with E-state index in [2.05, 4.69) is 173 Å². The van der Waals surface area contributed by atoms with Crippen LogP contribution in [0.4, 0.5) is 0 Å². The largest absolute Gasteiger partial charge is 0.458 e. The summed E-state index contributed by atoms with van der Waals surface area (Å²) in [5.74, 6) is 3.26. The molecule has 5 nitrogen and oxygen atoms in total. The van der Waals surface area contributed by atoms with Crippen molar-refractivity contribution in [2.24, 2.45) is 0 Å². The number of allylic oxidation sites excluding steroid dienone is 1. The molecule has 6 heteroatoms. The monoisotopic (exact) mass is 768 g/mol.